The summed E-state index contributed by atoms with van der Waals surface area (Å²) < 4.78 is 1.62. The van der Waals surface area contributed by atoms with E-state index in [4.69, 9.17) is 0 Å². The number of aryl methyl sites for hydroxylation is 1. The van der Waals surface area contributed by atoms with Crippen LogP contribution in [0.2, 0.25) is 0 Å². The number of amides is 2. The molecule has 1 aliphatic rings. The minimum absolute atomic E-state index is 0.126. The molecule has 0 atom stereocenters. The molecule has 0 unspecified atom stereocenters. The molecule has 1 aliphatic carbocycles. The monoisotopic (exact) mass is 223 g/mol. The van der Waals surface area contributed by atoms with Gasteiger partial charge < -0.3 is 10.6 Å². The summed E-state index contributed by atoms with van der Waals surface area (Å²) >= 11 is 0. The minimum atomic E-state index is -0.126. The molecule has 1 aromatic heterocycles. The Hall–Kier alpha value is -1.59. The number of aromatic nitrogens is 3. The van der Waals surface area contributed by atoms with Crippen molar-refractivity contribution in [2.45, 2.75) is 38.3 Å². The van der Waals surface area contributed by atoms with Crippen LogP contribution in [-0.2, 0) is 13.6 Å². The molecule has 6 heteroatoms. The second-order valence-corrected chi connectivity index (χ2v) is 4.14. The lowest BCUT2D eigenvalue weighted by Gasteiger charge is -2.11. The fourth-order valence-corrected chi connectivity index (χ4v) is 1.93. The Morgan fingerprint density at radius 3 is 2.94 bits per heavy atom. The molecule has 2 N–H and O–H groups in total. The standard InChI is InChI=1S/C10H17N5O/c1-15-7-12-9(14-15)6-11-10(16)13-8-4-2-3-5-8/h7-8H,2-6H2,1H3,(H2,11,13,16). The third kappa shape index (κ3) is 2.95. The summed E-state index contributed by atoms with van der Waals surface area (Å²) in [6, 6.07) is 0.219. The average Bonchev–Trinajstić information content (AvgIpc) is 2.87. The summed E-state index contributed by atoms with van der Waals surface area (Å²) in [6.07, 6.45) is 6.23. The lowest BCUT2D eigenvalue weighted by molar-refractivity contribution is 0.236. The summed E-state index contributed by atoms with van der Waals surface area (Å²) in [5.74, 6) is 0.629. The topological polar surface area (TPSA) is 71.8 Å². The van der Waals surface area contributed by atoms with E-state index in [0.717, 1.165) is 12.8 Å². The second-order valence-electron chi connectivity index (χ2n) is 4.14. The van der Waals surface area contributed by atoms with E-state index in [1.165, 1.54) is 12.8 Å². The number of nitrogens with zero attached hydrogens (tertiary/aromatic N) is 3. The molecule has 2 amide bonds. The Balaban J connectivity index is 1.71. The number of carbonyl (C=O) groups excluding carboxylic acids is 1. The number of hydrogen-bond acceptors (Lipinski definition) is 3. The van der Waals surface area contributed by atoms with Crippen LogP contribution in [0.15, 0.2) is 6.33 Å². The van der Waals surface area contributed by atoms with Crippen molar-refractivity contribution in [3.05, 3.63) is 12.2 Å². The van der Waals surface area contributed by atoms with Crippen molar-refractivity contribution in [2.75, 3.05) is 0 Å². The first-order valence-corrected chi connectivity index (χ1v) is 5.63. The molecule has 88 valence electrons. The maximum absolute atomic E-state index is 11.5. The van der Waals surface area contributed by atoms with Gasteiger partial charge in [0, 0.05) is 13.1 Å². The van der Waals surface area contributed by atoms with Crippen LogP contribution < -0.4 is 10.6 Å². The molecule has 1 saturated carbocycles. The normalized spacial score (nSPS) is 16.3. The Kier molecular flexibility index (Phi) is 3.38. The zero-order valence-corrected chi connectivity index (χ0v) is 9.44. The van der Waals surface area contributed by atoms with Crippen molar-refractivity contribution in [3.63, 3.8) is 0 Å². The Morgan fingerprint density at radius 1 is 1.56 bits per heavy atom. The van der Waals surface area contributed by atoms with E-state index >= 15 is 0 Å². The summed E-state index contributed by atoms with van der Waals surface area (Å²) in [5.41, 5.74) is 0. The molecule has 0 bridgehead atoms. The zero-order chi connectivity index (χ0) is 11.4. The van der Waals surface area contributed by atoms with Crippen LogP contribution in [-0.4, -0.2) is 26.8 Å². The smallest absolute Gasteiger partial charge is 0.315 e. The fraction of sp³-hybridized carbons (Fsp3) is 0.700. The van der Waals surface area contributed by atoms with Crippen molar-refractivity contribution in [3.8, 4) is 0 Å². The minimum Gasteiger partial charge on any atom is -0.335 e. The molecule has 1 heterocycles. The van der Waals surface area contributed by atoms with Gasteiger partial charge in [0.1, 0.15) is 6.33 Å². The van der Waals surface area contributed by atoms with Gasteiger partial charge >= 0.3 is 6.03 Å². The first-order valence-electron chi connectivity index (χ1n) is 5.63. The highest BCUT2D eigenvalue weighted by atomic mass is 16.2. The van der Waals surface area contributed by atoms with Gasteiger partial charge in [-0.3, -0.25) is 4.68 Å². The average molecular weight is 223 g/mol. The highest BCUT2D eigenvalue weighted by Crippen LogP contribution is 2.17. The summed E-state index contributed by atoms with van der Waals surface area (Å²) in [5, 5.41) is 9.77. The predicted molar refractivity (Wildman–Crippen MR) is 58.6 cm³/mol. The van der Waals surface area contributed by atoms with E-state index in [-0.39, 0.29) is 6.03 Å². The van der Waals surface area contributed by atoms with Crippen LogP contribution in [0.3, 0.4) is 0 Å². The van der Waals surface area contributed by atoms with Crippen LogP contribution in [0.4, 0.5) is 4.79 Å². The molecule has 1 fully saturated rings. The molecule has 16 heavy (non-hydrogen) atoms. The molecule has 0 spiro atoms. The van der Waals surface area contributed by atoms with Crippen LogP contribution in [0.5, 0.6) is 0 Å². The van der Waals surface area contributed by atoms with Crippen LogP contribution in [0.1, 0.15) is 31.5 Å². The van der Waals surface area contributed by atoms with Crippen LogP contribution >= 0.6 is 0 Å². The molecular formula is C10H17N5O. The van der Waals surface area contributed by atoms with E-state index in [1.807, 2.05) is 0 Å². The maximum Gasteiger partial charge on any atom is 0.315 e. The third-order valence-electron chi connectivity index (χ3n) is 2.74. The third-order valence-corrected chi connectivity index (χ3v) is 2.74. The molecule has 0 aromatic carbocycles. The summed E-state index contributed by atoms with van der Waals surface area (Å²) in [4.78, 5) is 15.5. The van der Waals surface area contributed by atoms with E-state index < -0.39 is 0 Å². The van der Waals surface area contributed by atoms with Gasteiger partial charge in [-0.05, 0) is 12.8 Å². The highest BCUT2D eigenvalue weighted by Gasteiger charge is 2.16. The van der Waals surface area contributed by atoms with Crippen molar-refractivity contribution >= 4 is 6.03 Å². The van der Waals surface area contributed by atoms with Gasteiger partial charge in [0.25, 0.3) is 0 Å². The Morgan fingerprint density at radius 2 is 2.31 bits per heavy atom. The van der Waals surface area contributed by atoms with Gasteiger partial charge in [0.05, 0.1) is 6.54 Å². The second kappa shape index (κ2) is 4.96. The van der Waals surface area contributed by atoms with Gasteiger partial charge in [-0.25, -0.2) is 9.78 Å². The van der Waals surface area contributed by atoms with Crippen LogP contribution in [0, 0.1) is 0 Å². The molecule has 0 radical (unpaired) electrons. The van der Waals surface area contributed by atoms with Crippen LogP contribution in [0.25, 0.3) is 0 Å². The highest BCUT2D eigenvalue weighted by molar-refractivity contribution is 5.74. The number of carbonyl (C=O) groups is 1. The number of nitrogens with one attached hydrogen (secondary N) is 2. The van der Waals surface area contributed by atoms with Crippen molar-refractivity contribution in [1.29, 1.82) is 0 Å². The molecule has 1 aromatic rings. The van der Waals surface area contributed by atoms with E-state index in [0.29, 0.717) is 18.4 Å². The van der Waals surface area contributed by atoms with Gasteiger partial charge in [-0.2, -0.15) is 5.10 Å². The van der Waals surface area contributed by atoms with Crippen molar-refractivity contribution < 1.29 is 4.79 Å². The maximum atomic E-state index is 11.5. The van der Waals surface area contributed by atoms with E-state index in [9.17, 15) is 4.79 Å². The van der Waals surface area contributed by atoms with Crippen molar-refractivity contribution in [2.24, 2.45) is 7.05 Å². The van der Waals surface area contributed by atoms with E-state index in [2.05, 4.69) is 20.7 Å². The summed E-state index contributed by atoms with van der Waals surface area (Å²) in [7, 11) is 1.80. The SMILES string of the molecule is Cn1cnc(CNC(=O)NC2CCCC2)n1. The molecular weight excluding hydrogens is 206 g/mol. The van der Waals surface area contributed by atoms with Crippen molar-refractivity contribution in [1.82, 2.24) is 25.4 Å². The number of rotatable bonds is 3. The predicted octanol–water partition coefficient (Wildman–Crippen LogP) is 0.557. The molecule has 2 rings (SSSR count). The largest absolute Gasteiger partial charge is 0.335 e. The fourth-order valence-electron chi connectivity index (χ4n) is 1.93. The molecule has 0 saturated heterocycles. The molecule has 6 nitrogen and oxygen atoms in total. The number of urea groups is 1. The van der Waals surface area contributed by atoms with E-state index in [1.54, 1.807) is 18.1 Å². The number of hydrogen-bond donors (Lipinski definition) is 2. The van der Waals surface area contributed by atoms with Gasteiger partial charge in [-0.15, -0.1) is 0 Å². The lowest BCUT2D eigenvalue weighted by atomic mass is 10.2. The quantitative estimate of drug-likeness (QED) is 0.786. The zero-order valence-electron chi connectivity index (χ0n) is 9.44. The van der Waals surface area contributed by atoms with Gasteiger partial charge in [0.2, 0.25) is 0 Å². The Bertz CT molecular complexity index is 356. The lowest BCUT2D eigenvalue weighted by Crippen LogP contribution is -2.40. The Labute approximate surface area is 94.4 Å². The summed E-state index contributed by atoms with van der Waals surface area (Å²) in [6.45, 7) is 0.374. The molecule has 0 aliphatic heterocycles. The first kappa shape index (κ1) is 10.9. The van der Waals surface area contributed by atoms with Gasteiger partial charge in [0.15, 0.2) is 5.82 Å². The van der Waals surface area contributed by atoms with Gasteiger partial charge in [-0.1, -0.05) is 12.8 Å². The first-order chi connectivity index (χ1) is 7.74.